The molecule has 0 radical (unpaired) electrons. The third-order valence-corrected chi connectivity index (χ3v) is 3.92. The molecule has 1 fully saturated rings. The van der Waals surface area contributed by atoms with Gasteiger partial charge in [0.25, 0.3) is 0 Å². The maximum Gasteiger partial charge on any atom is 0.246 e. The molecule has 0 spiro atoms. The monoisotopic (exact) mass is 213 g/mol. The quantitative estimate of drug-likeness (QED) is 0.656. The Bertz CT molecular complexity index is 227. The van der Waals surface area contributed by atoms with Crippen molar-refractivity contribution in [3.8, 4) is 0 Å². The number of hydrogen-bond donors (Lipinski definition) is 0. The van der Waals surface area contributed by atoms with Gasteiger partial charge in [-0.05, 0) is 19.4 Å². The Morgan fingerprint density at radius 1 is 1.64 bits per heavy atom. The first-order chi connectivity index (χ1) is 6.70. The van der Waals surface area contributed by atoms with E-state index in [1.54, 1.807) is 6.08 Å². The van der Waals surface area contributed by atoms with Crippen molar-refractivity contribution in [2.45, 2.75) is 38.5 Å². The molecular weight excluding hydrogens is 194 g/mol. The summed E-state index contributed by atoms with van der Waals surface area (Å²) in [6, 6.07) is 0.414. The fourth-order valence-corrected chi connectivity index (χ4v) is 3.17. The van der Waals surface area contributed by atoms with Crippen molar-refractivity contribution in [1.82, 2.24) is 4.90 Å². The maximum absolute atomic E-state index is 11.7. The summed E-state index contributed by atoms with van der Waals surface area (Å²) >= 11 is 1.97. The number of rotatable bonds is 2. The van der Waals surface area contributed by atoms with Gasteiger partial charge in [-0.3, -0.25) is 4.79 Å². The van der Waals surface area contributed by atoms with E-state index >= 15 is 0 Å². The Balaban J connectivity index is 2.69. The van der Waals surface area contributed by atoms with Gasteiger partial charge in [0.1, 0.15) is 0 Å². The van der Waals surface area contributed by atoms with Gasteiger partial charge in [0.05, 0.1) is 0 Å². The Morgan fingerprint density at radius 2 is 2.36 bits per heavy atom. The van der Waals surface area contributed by atoms with E-state index in [9.17, 15) is 4.79 Å². The molecule has 0 aromatic heterocycles. The van der Waals surface area contributed by atoms with Crippen LogP contribution in [0.5, 0.6) is 0 Å². The number of hydrogen-bond acceptors (Lipinski definition) is 2. The van der Waals surface area contributed by atoms with Crippen molar-refractivity contribution >= 4 is 17.7 Å². The van der Waals surface area contributed by atoms with Gasteiger partial charge in [0.15, 0.2) is 0 Å². The fourth-order valence-electron chi connectivity index (χ4n) is 1.93. The summed E-state index contributed by atoms with van der Waals surface area (Å²) in [6.07, 6.45) is 4.55. The van der Waals surface area contributed by atoms with Crippen molar-refractivity contribution in [2.24, 2.45) is 0 Å². The second-order valence-electron chi connectivity index (χ2n) is 3.58. The van der Waals surface area contributed by atoms with E-state index in [4.69, 9.17) is 0 Å². The maximum atomic E-state index is 11.7. The van der Waals surface area contributed by atoms with Crippen LogP contribution in [0.1, 0.15) is 27.2 Å². The molecule has 1 heterocycles. The largest absolute Gasteiger partial charge is 0.334 e. The van der Waals surface area contributed by atoms with Crippen LogP contribution in [0.3, 0.4) is 0 Å². The van der Waals surface area contributed by atoms with Gasteiger partial charge in [0.2, 0.25) is 5.91 Å². The van der Waals surface area contributed by atoms with Crippen LogP contribution in [0, 0.1) is 0 Å². The highest BCUT2D eigenvalue weighted by molar-refractivity contribution is 8.00. The third kappa shape index (κ3) is 2.53. The molecule has 2 unspecified atom stereocenters. The molecule has 0 bridgehead atoms. The summed E-state index contributed by atoms with van der Waals surface area (Å²) in [5, 5.41) is 0.572. The summed E-state index contributed by atoms with van der Waals surface area (Å²) in [5.74, 6) is 1.24. The molecule has 1 aliphatic heterocycles. The van der Waals surface area contributed by atoms with Crippen molar-refractivity contribution in [3.63, 3.8) is 0 Å². The summed E-state index contributed by atoms with van der Waals surface area (Å²) in [6.45, 7) is 7.16. The van der Waals surface area contributed by atoms with Gasteiger partial charge in [0, 0.05) is 23.6 Å². The Labute approximate surface area is 90.7 Å². The summed E-state index contributed by atoms with van der Waals surface area (Å²) in [7, 11) is 0. The van der Waals surface area contributed by atoms with E-state index in [0.29, 0.717) is 11.3 Å². The van der Waals surface area contributed by atoms with E-state index in [2.05, 4.69) is 13.8 Å². The van der Waals surface area contributed by atoms with Crippen LogP contribution >= 0.6 is 11.8 Å². The lowest BCUT2D eigenvalue weighted by molar-refractivity contribution is -0.128. The molecule has 1 aliphatic rings. The molecule has 2 atom stereocenters. The van der Waals surface area contributed by atoms with Crippen LogP contribution in [-0.2, 0) is 4.79 Å². The van der Waals surface area contributed by atoms with Gasteiger partial charge in [-0.1, -0.05) is 19.9 Å². The van der Waals surface area contributed by atoms with Crippen molar-refractivity contribution in [3.05, 3.63) is 12.2 Å². The second kappa shape index (κ2) is 5.44. The van der Waals surface area contributed by atoms with Gasteiger partial charge in [-0.15, -0.1) is 0 Å². The third-order valence-electron chi connectivity index (χ3n) is 2.67. The Kier molecular flexibility index (Phi) is 4.52. The minimum atomic E-state index is 0.173. The predicted molar refractivity (Wildman–Crippen MR) is 62.5 cm³/mol. The molecule has 0 aromatic rings. The van der Waals surface area contributed by atoms with Crippen LogP contribution in [0.2, 0.25) is 0 Å². The summed E-state index contributed by atoms with van der Waals surface area (Å²) in [5.41, 5.74) is 0. The standard InChI is InChI=1S/C11H19NOS/c1-4-6-11(13)12-7-8-14-9(3)10(12)5-2/h4,6,9-10H,5,7-8H2,1-3H3/b6-4+. The molecule has 1 rings (SSSR count). The number of thioether (sulfide) groups is 1. The fraction of sp³-hybridized carbons (Fsp3) is 0.727. The Morgan fingerprint density at radius 3 is 2.93 bits per heavy atom. The topological polar surface area (TPSA) is 20.3 Å². The van der Waals surface area contributed by atoms with Gasteiger partial charge >= 0.3 is 0 Å². The lowest BCUT2D eigenvalue weighted by Crippen LogP contribution is -2.48. The lowest BCUT2D eigenvalue weighted by Gasteiger charge is -2.38. The molecular formula is C11H19NOS. The zero-order valence-electron chi connectivity index (χ0n) is 9.19. The number of allylic oxidation sites excluding steroid dienone is 1. The smallest absolute Gasteiger partial charge is 0.246 e. The minimum absolute atomic E-state index is 0.173. The molecule has 2 nitrogen and oxygen atoms in total. The van der Waals surface area contributed by atoms with Crippen LogP contribution in [0.4, 0.5) is 0 Å². The van der Waals surface area contributed by atoms with Crippen LogP contribution < -0.4 is 0 Å². The highest BCUT2D eigenvalue weighted by Crippen LogP contribution is 2.26. The van der Waals surface area contributed by atoms with Crippen LogP contribution in [0.25, 0.3) is 0 Å². The number of carbonyl (C=O) groups excluding carboxylic acids is 1. The number of carbonyl (C=O) groups is 1. The first kappa shape index (κ1) is 11.6. The normalized spacial score (nSPS) is 28.4. The van der Waals surface area contributed by atoms with E-state index in [1.807, 2.05) is 29.7 Å². The second-order valence-corrected chi connectivity index (χ2v) is 5.07. The summed E-state index contributed by atoms with van der Waals surface area (Å²) < 4.78 is 0. The molecule has 3 heteroatoms. The predicted octanol–water partition coefficient (Wildman–Crippen LogP) is 2.31. The first-order valence-electron chi connectivity index (χ1n) is 5.25. The zero-order chi connectivity index (χ0) is 10.6. The van der Waals surface area contributed by atoms with Gasteiger partial charge < -0.3 is 4.90 Å². The SMILES string of the molecule is C/C=C/C(=O)N1CCSC(C)C1CC. The van der Waals surface area contributed by atoms with Crippen LogP contribution in [-0.4, -0.2) is 34.4 Å². The minimum Gasteiger partial charge on any atom is -0.334 e. The van der Waals surface area contributed by atoms with Crippen molar-refractivity contribution in [2.75, 3.05) is 12.3 Å². The highest BCUT2D eigenvalue weighted by atomic mass is 32.2. The molecule has 0 saturated carbocycles. The highest BCUT2D eigenvalue weighted by Gasteiger charge is 2.29. The summed E-state index contributed by atoms with van der Waals surface area (Å²) in [4.78, 5) is 13.8. The number of amides is 1. The molecule has 0 aromatic carbocycles. The molecule has 80 valence electrons. The van der Waals surface area contributed by atoms with E-state index in [-0.39, 0.29) is 5.91 Å². The van der Waals surface area contributed by atoms with Crippen LogP contribution in [0.15, 0.2) is 12.2 Å². The van der Waals surface area contributed by atoms with E-state index < -0.39 is 0 Å². The van der Waals surface area contributed by atoms with Gasteiger partial charge in [-0.2, -0.15) is 11.8 Å². The van der Waals surface area contributed by atoms with Crippen molar-refractivity contribution in [1.29, 1.82) is 0 Å². The molecule has 1 amide bonds. The van der Waals surface area contributed by atoms with E-state index in [0.717, 1.165) is 18.7 Å². The average Bonchev–Trinajstić information content (AvgIpc) is 2.17. The van der Waals surface area contributed by atoms with Crippen molar-refractivity contribution < 1.29 is 4.79 Å². The lowest BCUT2D eigenvalue weighted by atomic mass is 10.1. The van der Waals surface area contributed by atoms with Gasteiger partial charge in [-0.25, -0.2) is 0 Å². The average molecular weight is 213 g/mol. The number of nitrogens with zero attached hydrogens (tertiary/aromatic N) is 1. The first-order valence-corrected chi connectivity index (χ1v) is 6.30. The van der Waals surface area contributed by atoms with E-state index in [1.165, 1.54) is 0 Å². The molecule has 0 aliphatic carbocycles. The molecule has 14 heavy (non-hydrogen) atoms. The Hall–Kier alpha value is -0.440. The molecule has 1 saturated heterocycles. The molecule has 0 N–H and O–H groups in total. The zero-order valence-corrected chi connectivity index (χ0v) is 10.0.